The first-order valence-electron chi connectivity index (χ1n) is 14.8. The number of hydrogen-bond donors (Lipinski definition) is 0. The minimum Gasteiger partial charge on any atom is -0.437 e. The SMILES string of the molecule is c1cc(-c2cccc(-c3ccc4c5ccccc5c5ccccc5c4c3)c2)cc(-c2ccc3c(c2)Oc2ncccc2S3)c1. The van der Waals surface area contributed by atoms with E-state index in [0.717, 1.165) is 26.7 Å². The second kappa shape index (κ2) is 10.1. The molecule has 0 radical (unpaired) electrons. The smallest absolute Gasteiger partial charge is 0.233 e. The molecule has 0 atom stereocenters. The highest BCUT2D eigenvalue weighted by Gasteiger charge is 2.19. The lowest BCUT2D eigenvalue weighted by molar-refractivity contribution is 0.435. The maximum absolute atomic E-state index is 6.17. The van der Waals surface area contributed by atoms with Crippen molar-refractivity contribution in [3.8, 4) is 45.0 Å². The fraction of sp³-hybridized carbons (Fsp3) is 0. The van der Waals surface area contributed by atoms with Gasteiger partial charge in [-0.1, -0.05) is 115 Å². The van der Waals surface area contributed by atoms with E-state index in [2.05, 4.69) is 138 Å². The van der Waals surface area contributed by atoms with Gasteiger partial charge in [0.1, 0.15) is 5.75 Å². The van der Waals surface area contributed by atoms with Crippen LogP contribution in [0.3, 0.4) is 0 Å². The van der Waals surface area contributed by atoms with Crippen molar-refractivity contribution in [1.29, 1.82) is 0 Å². The number of aromatic nitrogens is 1. The quantitative estimate of drug-likeness (QED) is 0.194. The average Bonchev–Trinajstić information content (AvgIpc) is 3.10. The summed E-state index contributed by atoms with van der Waals surface area (Å²) in [6, 6.07) is 52.5. The first-order valence-corrected chi connectivity index (χ1v) is 15.6. The summed E-state index contributed by atoms with van der Waals surface area (Å²) in [5.41, 5.74) is 7.07. The molecule has 8 aromatic rings. The summed E-state index contributed by atoms with van der Waals surface area (Å²) in [4.78, 5) is 6.56. The van der Waals surface area contributed by atoms with Crippen LogP contribution < -0.4 is 4.74 Å². The van der Waals surface area contributed by atoms with Crippen molar-refractivity contribution in [2.75, 3.05) is 0 Å². The molecule has 0 fully saturated rings. The van der Waals surface area contributed by atoms with Crippen molar-refractivity contribution in [1.82, 2.24) is 4.98 Å². The molecular formula is C41H25NOS. The van der Waals surface area contributed by atoms with Gasteiger partial charge in [-0.3, -0.25) is 0 Å². The van der Waals surface area contributed by atoms with E-state index in [-0.39, 0.29) is 0 Å². The van der Waals surface area contributed by atoms with Gasteiger partial charge in [-0.2, -0.15) is 0 Å². The topological polar surface area (TPSA) is 22.1 Å². The number of fused-ring (bicyclic) bond motifs is 8. The largest absolute Gasteiger partial charge is 0.437 e. The fourth-order valence-electron chi connectivity index (χ4n) is 6.45. The number of hydrogen-bond acceptors (Lipinski definition) is 3. The van der Waals surface area contributed by atoms with Gasteiger partial charge in [0, 0.05) is 6.20 Å². The zero-order chi connectivity index (χ0) is 29.0. The van der Waals surface area contributed by atoms with Crippen LogP contribution in [-0.4, -0.2) is 4.98 Å². The highest BCUT2D eigenvalue weighted by Crippen LogP contribution is 2.47. The Labute approximate surface area is 259 Å². The highest BCUT2D eigenvalue weighted by atomic mass is 32.2. The minimum absolute atomic E-state index is 0.669. The Morgan fingerprint density at radius 3 is 1.55 bits per heavy atom. The molecule has 0 spiro atoms. The van der Waals surface area contributed by atoms with Gasteiger partial charge in [-0.15, -0.1) is 0 Å². The van der Waals surface area contributed by atoms with Crippen LogP contribution in [0.15, 0.2) is 162 Å². The van der Waals surface area contributed by atoms with Gasteiger partial charge < -0.3 is 4.74 Å². The summed E-state index contributed by atoms with van der Waals surface area (Å²) in [5.74, 6) is 1.52. The van der Waals surface area contributed by atoms with Crippen molar-refractivity contribution in [2.45, 2.75) is 9.79 Å². The fourth-order valence-corrected chi connectivity index (χ4v) is 7.35. The van der Waals surface area contributed by atoms with Gasteiger partial charge >= 0.3 is 0 Å². The van der Waals surface area contributed by atoms with Gasteiger partial charge in [-0.25, -0.2) is 4.98 Å². The highest BCUT2D eigenvalue weighted by molar-refractivity contribution is 7.99. The van der Waals surface area contributed by atoms with Crippen LogP contribution in [0.1, 0.15) is 0 Å². The minimum atomic E-state index is 0.669. The molecule has 44 heavy (non-hydrogen) atoms. The van der Waals surface area contributed by atoms with Crippen LogP contribution >= 0.6 is 11.8 Å². The standard InChI is InChI=1S/C41H25NOS/c1-2-14-34-32(12-1)33-13-3-4-15-35(33)37-24-30(17-19-36(34)37)28-10-5-8-26(22-28)27-9-6-11-29(23-27)31-18-20-39-38(25-31)43-41-40(44-39)16-7-21-42-41/h1-25H. The Balaban J connectivity index is 1.10. The molecule has 9 rings (SSSR count). The Morgan fingerprint density at radius 2 is 0.909 bits per heavy atom. The normalized spacial score (nSPS) is 12.2. The summed E-state index contributed by atoms with van der Waals surface area (Å²) in [5, 5.41) is 7.76. The average molecular weight is 580 g/mol. The Morgan fingerprint density at radius 1 is 0.386 bits per heavy atom. The second-order valence-electron chi connectivity index (χ2n) is 11.2. The molecule has 0 saturated heterocycles. The molecule has 0 amide bonds. The molecule has 1 aromatic heterocycles. The maximum atomic E-state index is 6.17. The van der Waals surface area contributed by atoms with E-state index < -0.39 is 0 Å². The lowest BCUT2D eigenvalue weighted by Crippen LogP contribution is -1.97. The van der Waals surface area contributed by atoms with Crippen molar-refractivity contribution in [3.05, 3.63) is 152 Å². The van der Waals surface area contributed by atoms with Gasteiger partial charge in [0.15, 0.2) is 0 Å². The van der Waals surface area contributed by atoms with Crippen molar-refractivity contribution < 1.29 is 4.74 Å². The Hall–Kier alpha value is -5.38. The molecule has 206 valence electrons. The van der Waals surface area contributed by atoms with E-state index in [1.165, 1.54) is 54.6 Å². The lowest BCUT2D eigenvalue weighted by atomic mass is 9.91. The maximum Gasteiger partial charge on any atom is 0.233 e. The molecular weight excluding hydrogens is 555 g/mol. The molecule has 1 aliphatic heterocycles. The Bertz CT molecular complexity index is 2380. The molecule has 2 nitrogen and oxygen atoms in total. The predicted molar refractivity (Wildman–Crippen MR) is 184 cm³/mol. The Kier molecular flexibility index (Phi) is 5.78. The third-order valence-corrected chi connectivity index (χ3v) is 9.66. The summed E-state index contributed by atoms with van der Waals surface area (Å²) >= 11 is 1.70. The van der Waals surface area contributed by atoms with Crippen LogP contribution in [0.2, 0.25) is 0 Å². The monoisotopic (exact) mass is 579 g/mol. The molecule has 3 heteroatoms. The molecule has 0 N–H and O–H groups in total. The van der Waals surface area contributed by atoms with Crippen LogP contribution in [0.4, 0.5) is 0 Å². The number of ether oxygens (including phenoxy) is 1. The molecule has 2 heterocycles. The van der Waals surface area contributed by atoms with Crippen LogP contribution in [-0.2, 0) is 0 Å². The number of nitrogens with zero attached hydrogens (tertiary/aromatic N) is 1. The third-order valence-electron chi connectivity index (χ3n) is 8.58. The van der Waals surface area contributed by atoms with Crippen molar-refractivity contribution in [2.24, 2.45) is 0 Å². The number of pyridine rings is 1. The molecule has 0 aliphatic carbocycles. The summed E-state index contributed by atoms with van der Waals surface area (Å²) in [6.45, 7) is 0. The lowest BCUT2D eigenvalue weighted by Gasteiger charge is -2.19. The molecule has 0 saturated carbocycles. The third kappa shape index (κ3) is 4.16. The van der Waals surface area contributed by atoms with E-state index >= 15 is 0 Å². The van der Waals surface area contributed by atoms with E-state index in [4.69, 9.17) is 4.74 Å². The zero-order valence-electron chi connectivity index (χ0n) is 23.7. The van der Waals surface area contributed by atoms with Crippen LogP contribution in [0, 0.1) is 0 Å². The predicted octanol–water partition coefficient (Wildman–Crippen LogP) is 11.8. The van der Waals surface area contributed by atoms with Gasteiger partial charge in [0.2, 0.25) is 5.88 Å². The van der Waals surface area contributed by atoms with Gasteiger partial charge in [-0.05, 0) is 108 Å². The molecule has 1 aliphatic rings. The van der Waals surface area contributed by atoms with Crippen molar-refractivity contribution >= 4 is 44.1 Å². The number of benzene rings is 7. The number of rotatable bonds is 3. The summed E-state index contributed by atoms with van der Waals surface area (Å²) in [6.07, 6.45) is 1.77. The molecule has 7 aromatic carbocycles. The second-order valence-corrected chi connectivity index (χ2v) is 12.3. The van der Waals surface area contributed by atoms with Crippen LogP contribution in [0.5, 0.6) is 11.6 Å². The van der Waals surface area contributed by atoms with E-state index in [0.29, 0.717) is 5.88 Å². The zero-order valence-corrected chi connectivity index (χ0v) is 24.5. The van der Waals surface area contributed by atoms with Crippen molar-refractivity contribution in [3.63, 3.8) is 0 Å². The molecule has 0 bridgehead atoms. The van der Waals surface area contributed by atoms with E-state index in [1.54, 1.807) is 18.0 Å². The van der Waals surface area contributed by atoms with E-state index in [9.17, 15) is 0 Å². The van der Waals surface area contributed by atoms with Crippen LogP contribution in [0.25, 0.3) is 65.7 Å². The first-order chi connectivity index (χ1) is 21.8. The summed E-state index contributed by atoms with van der Waals surface area (Å²) < 4.78 is 6.17. The van der Waals surface area contributed by atoms with E-state index in [1.807, 2.05) is 12.1 Å². The molecule has 0 unspecified atom stereocenters. The summed E-state index contributed by atoms with van der Waals surface area (Å²) in [7, 11) is 0. The van der Waals surface area contributed by atoms with Gasteiger partial charge in [0.05, 0.1) is 9.79 Å². The first kappa shape index (κ1) is 25.1. The van der Waals surface area contributed by atoms with Gasteiger partial charge in [0.25, 0.3) is 0 Å².